The van der Waals surface area contributed by atoms with E-state index in [1.807, 2.05) is 13.8 Å². The van der Waals surface area contributed by atoms with Crippen molar-refractivity contribution < 1.29 is 19.7 Å². The molecule has 0 fully saturated rings. The van der Waals surface area contributed by atoms with Crippen molar-refractivity contribution in [3.8, 4) is 11.5 Å². The topological polar surface area (TPSA) is 78.8 Å². The summed E-state index contributed by atoms with van der Waals surface area (Å²) in [7, 11) is 0. The van der Waals surface area contributed by atoms with E-state index in [0.29, 0.717) is 24.3 Å². The average molecular weight is 253 g/mol. The molecule has 0 unspecified atom stereocenters. The number of nitrogens with one attached hydrogen (secondary N) is 1. The normalized spacial score (nSPS) is 10.4. The molecule has 0 saturated carbocycles. The molecule has 5 nitrogen and oxygen atoms in total. The van der Waals surface area contributed by atoms with Gasteiger partial charge in [0.1, 0.15) is 0 Å². The zero-order valence-electron chi connectivity index (χ0n) is 10.6. The van der Waals surface area contributed by atoms with E-state index in [0.717, 1.165) is 0 Å². The summed E-state index contributed by atoms with van der Waals surface area (Å²) in [6.07, 6.45) is 0.465. The monoisotopic (exact) mass is 253 g/mol. The van der Waals surface area contributed by atoms with Gasteiger partial charge in [-0.1, -0.05) is 0 Å². The van der Waals surface area contributed by atoms with Crippen LogP contribution in [0.25, 0.3) is 0 Å². The maximum absolute atomic E-state index is 11.7. The summed E-state index contributed by atoms with van der Waals surface area (Å²) in [5, 5.41) is 21.0. The molecule has 0 spiro atoms. The van der Waals surface area contributed by atoms with Crippen molar-refractivity contribution in [1.29, 1.82) is 0 Å². The number of ether oxygens (including phenoxy) is 1. The number of amides is 1. The van der Waals surface area contributed by atoms with Gasteiger partial charge in [-0.25, -0.2) is 0 Å². The van der Waals surface area contributed by atoms with Crippen LogP contribution in [0.3, 0.4) is 0 Å². The molecule has 0 atom stereocenters. The Kier molecular flexibility index (Phi) is 5.45. The Morgan fingerprint density at radius 1 is 1.44 bits per heavy atom. The van der Waals surface area contributed by atoms with E-state index in [2.05, 4.69) is 5.32 Å². The molecular weight excluding hydrogens is 234 g/mol. The fourth-order valence-corrected chi connectivity index (χ4v) is 1.40. The summed E-state index contributed by atoms with van der Waals surface area (Å²) in [6.45, 7) is 4.15. The van der Waals surface area contributed by atoms with Crippen LogP contribution < -0.4 is 10.1 Å². The lowest BCUT2D eigenvalue weighted by Gasteiger charge is -2.12. The first-order valence-electron chi connectivity index (χ1n) is 5.93. The second kappa shape index (κ2) is 6.86. The maximum atomic E-state index is 11.7. The molecule has 0 aliphatic heterocycles. The second-order valence-electron chi connectivity index (χ2n) is 4.18. The van der Waals surface area contributed by atoms with Crippen LogP contribution in [0.4, 0.5) is 0 Å². The van der Waals surface area contributed by atoms with Crippen LogP contribution in [0, 0.1) is 0 Å². The molecule has 18 heavy (non-hydrogen) atoms. The lowest BCUT2D eigenvalue weighted by molar-refractivity contribution is 0.0950. The first-order chi connectivity index (χ1) is 8.54. The highest BCUT2D eigenvalue weighted by atomic mass is 16.5. The van der Waals surface area contributed by atoms with Crippen molar-refractivity contribution in [2.75, 3.05) is 13.2 Å². The van der Waals surface area contributed by atoms with E-state index < -0.39 is 0 Å². The predicted molar refractivity (Wildman–Crippen MR) is 67.9 cm³/mol. The molecule has 0 aliphatic carbocycles. The minimum absolute atomic E-state index is 0.0344. The SMILES string of the molecule is CC(C)Oc1ccc(C(=O)NCCCO)cc1O. The number of carbonyl (C=O) groups excluding carboxylic acids is 1. The van der Waals surface area contributed by atoms with E-state index in [4.69, 9.17) is 9.84 Å². The minimum Gasteiger partial charge on any atom is -0.504 e. The first-order valence-corrected chi connectivity index (χ1v) is 5.93. The Balaban J connectivity index is 2.68. The van der Waals surface area contributed by atoms with Crippen LogP contribution in [-0.4, -0.2) is 35.4 Å². The van der Waals surface area contributed by atoms with Gasteiger partial charge in [-0.2, -0.15) is 0 Å². The number of benzene rings is 1. The highest BCUT2D eigenvalue weighted by Crippen LogP contribution is 2.27. The van der Waals surface area contributed by atoms with Gasteiger partial charge in [0, 0.05) is 18.7 Å². The van der Waals surface area contributed by atoms with Gasteiger partial charge in [-0.05, 0) is 38.5 Å². The highest BCUT2D eigenvalue weighted by molar-refractivity contribution is 5.94. The smallest absolute Gasteiger partial charge is 0.251 e. The van der Waals surface area contributed by atoms with Crippen LogP contribution in [-0.2, 0) is 0 Å². The Morgan fingerprint density at radius 2 is 2.17 bits per heavy atom. The third kappa shape index (κ3) is 4.25. The van der Waals surface area contributed by atoms with E-state index in [1.165, 1.54) is 6.07 Å². The summed E-state index contributed by atoms with van der Waals surface area (Å²) in [5.41, 5.74) is 0.363. The zero-order chi connectivity index (χ0) is 13.5. The molecule has 3 N–H and O–H groups in total. The van der Waals surface area contributed by atoms with Crippen LogP contribution in [0.1, 0.15) is 30.6 Å². The fourth-order valence-electron chi connectivity index (χ4n) is 1.40. The number of carbonyl (C=O) groups is 1. The number of hydrogen-bond acceptors (Lipinski definition) is 4. The third-order valence-electron chi connectivity index (χ3n) is 2.20. The molecular formula is C13H19NO4. The molecule has 0 aromatic heterocycles. The Bertz CT molecular complexity index is 404. The molecule has 1 rings (SSSR count). The van der Waals surface area contributed by atoms with E-state index in [-0.39, 0.29) is 24.4 Å². The number of aromatic hydroxyl groups is 1. The van der Waals surface area contributed by atoms with Crippen molar-refractivity contribution in [1.82, 2.24) is 5.32 Å². The van der Waals surface area contributed by atoms with Crippen molar-refractivity contribution in [2.24, 2.45) is 0 Å². The number of rotatable bonds is 6. The van der Waals surface area contributed by atoms with E-state index in [9.17, 15) is 9.90 Å². The summed E-state index contributed by atoms with van der Waals surface area (Å²) in [6, 6.07) is 4.52. The van der Waals surface area contributed by atoms with Gasteiger partial charge in [0.15, 0.2) is 11.5 Å². The van der Waals surface area contributed by atoms with Gasteiger partial charge in [-0.3, -0.25) is 4.79 Å². The summed E-state index contributed by atoms with van der Waals surface area (Å²) in [5.74, 6) is 0.0188. The molecule has 0 radical (unpaired) electrons. The Morgan fingerprint density at radius 3 is 2.72 bits per heavy atom. The minimum atomic E-state index is -0.283. The van der Waals surface area contributed by atoms with Crippen LogP contribution >= 0.6 is 0 Å². The Hall–Kier alpha value is -1.75. The molecule has 0 heterocycles. The number of hydrogen-bond donors (Lipinski definition) is 3. The molecule has 1 aromatic rings. The lowest BCUT2D eigenvalue weighted by atomic mass is 10.2. The van der Waals surface area contributed by atoms with Gasteiger partial charge in [0.2, 0.25) is 0 Å². The highest BCUT2D eigenvalue weighted by Gasteiger charge is 2.10. The number of aliphatic hydroxyl groups excluding tert-OH is 1. The Labute approximate surface area is 106 Å². The quantitative estimate of drug-likeness (QED) is 0.667. The van der Waals surface area contributed by atoms with Gasteiger partial charge in [0.25, 0.3) is 5.91 Å². The molecule has 1 amide bonds. The molecule has 0 saturated heterocycles. The number of aliphatic hydroxyl groups is 1. The number of phenols is 1. The van der Waals surface area contributed by atoms with Crippen molar-refractivity contribution >= 4 is 5.91 Å². The zero-order valence-corrected chi connectivity index (χ0v) is 10.6. The standard InChI is InChI=1S/C13H19NO4/c1-9(2)18-12-5-4-10(8-11(12)16)13(17)14-6-3-7-15/h4-5,8-9,15-16H,3,6-7H2,1-2H3,(H,14,17). The number of phenolic OH excluding ortho intramolecular Hbond substituents is 1. The maximum Gasteiger partial charge on any atom is 0.251 e. The van der Waals surface area contributed by atoms with E-state index in [1.54, 1.807) is 12.1 Å². The van der Waals surface area contributed by atoms with Crippen LogP contribution in [0.5, 0.6) is 11.5 Å². The summed E-state index contributed by atoms with van der Waals surface area (Å²) in [4.78, 5) is 11.7. The fraction of sp³-hybridized carbons (Fsp3) is 0.462. The van der Waals surface area contributed by atoms with Crippen LogP contribution in [0.2, 0.25) is 0 Å². The van der Waals surface area contributed by atoms with Gasteiger partial charge in [-0.15, -0.1) is 0 Å². The molecule has 1 aromatic carbocycles. The molecule has 0 aliphatic rings. The van der Waals surface area contributed by atoms with Gasteiger partial charge in [0.05, 0.1) is 6.10 Å². The second-order valence-corrected chi connectivity index (χ2v) is 4.18. The molecule has 5 heteroatoms. The molecule has 100 valence electrons. The predicted octanol–water partition coefficient (Wildman–Crippen LogP) is 1.29. The summed E-state index contributed by atoms with van der Waals surface area (Å²) >= 11 is 0. The van der Waals surface area contributed by atoms with Crippen molar-refractivity contribution in [2.45, 2.75) is 26.4 Å². The van der Waals surface area contributed by atoms with Crippen molar-refractivity contribution in [3.05, 3.63) is 23.8 Å². The largest absolute Gasteiger partial charge is 0.504 e. The first kappa shape index (κ1) is 14.3. The van der Waals surface area contributed by atoms with Crippen LogP contribution in [0.15, 0.2) is 18.2 Å². The van der Waals surface area contributed by atoms with E-state index >= 15 is 0 Å². The summed E-state index contributed by atoms with van der Waals surface area (Å²) < 4.78 is 5.36. The average Bonchev–Trinajstić information content (AvgIpc) is 2.31. The third-order valence-corrected chi connectivity index (χ3v) is 2.20. The van der Waals surface area contributed by atoms with Gasteiger partial charge < -0.3 is 20.3 Å². The molecule has 0 bridgehead atoms. The van der Waals surface area contributed by atoms with Crippen molar-refractivity contribution in [3.63, 3.8) is 0 Å². The lowest BCUT2D eigenvalue weighted by Crippen LogP contribution is -2.24. The van der Waals surface area contributed by atoms with Gasteiger partial charge >= 0.3 is 0 Å².